The fourth-order valence-electron chi connectivity index (χ4n) is 6.14. The van der Waals surface area contributed by atoms with Crippen LogP contribution in [0.4, 0.5) is 0 Å². The van der Waals surface area contributed by atoms with Crippen molar-refractivity contribution < 1.29 is 0 Å². The third kappa shape index (κ3) is 24.4. The normalized spacial score (nSPS) is 11.5. The minimum atomic E-state index is 0.910. The maximum Gasteiger partial charge on any atom is 0.0205 e. The van der Waals surface area contributed by atoms with Crippen LogP contribution in [-0.2, 0) is 13.1 Å². The predicted molar refractivity (Wildman–Crippen MR) is 212 cm³/mol. The summed E-state index contributed by atoms with van der Waals surface area (Å²) < 4.78 is 0. The third-order valence-corrected chi connectivity index (χ3v) is 9.06. The first kappa shape index (κ1) is 42.4. The molecule has 2 rings (SSSR count). The van der Waals surface area contributed by atoms with Gasteiger partial charge in [-0.05, 0) is 138 Å². The molecule has 274 valence electrons. The molecule has 0 saturated heterocycles. The number of benzene rings is 2. The molecule has 0 aromatic heterocycles. The lowest BCUT2D eigenvalue weighted by Gasteiger charge is -2.13. The molecule has 0 amide bonds. The van der Waals surface area contributed by atoms with Crippen LogP contribution in [0.1, 0.15) is 128 Å². The Labute approximate surface area is 297 Å². The molecule has 0 fully saturated rings. The van der Waals surface area contributed by atoms with Crippen molar-refractivity contribution in [2.75, 3.05) is 65.4 Å². The summed E-state index contributed by atoms with van der Waals surface area (Å²) in [6, 6.07) is 17.9. The van der Waals surface area contributed by atoms with Crippen LogP contribution >= 0.6 is 0 Å². The Kier molecular flexibility index (Phi) is 28.6. The molecule has 0 atom stereocenters. The first-order chi connectivity index (χ1) is 23.8. The second kappa shape index (κ2) is 32.4. The summed E-state index contributed by atoms with van der Waals surface area (Å²) in [4.78, 5) is 0. The lowest BCUT2D eigenvalue weighted by molar-refractivity contribution is 0.543. The standard InChI is InChI=1S/C42H76N6/c1-3-5-7-9-11-16-24-43-26-18-28-45-30-20-32-47-37-39-34-40(36-42(35-39)41-22-14-13-15-23-41)38-48-33-21-31-46-29-19-27-44-25-17-12-10-8-6-4-2/h13-15,22-23,34-36,43-48H,3-12,16-21,24-33,37-38H2,1-2H3. The highest BCUT2D eigenvalue weighted by Gasteiger charge is 2.04. The topological polar surface area (TPSA) is 72.2 Å². The molecule has 6 N–H and O–H groups in total. The van der Waals surface area contributed by atoms with Gasteiger partial charge in [-0.3, -0.25) is 0 Å². The van der Waals surface area contributed by atoms with Gasteiger partial charge in [-0.2, -0.15) is 0 Å². The Morgan fingerprint density at radius 1 is 0.333 bits per heavy atom. The van der Waals surface area contributed by atoms with Gasteiger partial charge in [-0.1, -0.05) is 114 Å². The van der Waals surface area contributed by atoms with Gasteiger partial charge in [0.2, 0.25) is 0 Å². The van der Waals surface area contributed by atoms with E-state index in [0.717, 1.165) is 78.3 Å². The van der Waals surface area contributed by atoms with E-state index in [-0.39, 0.29) is 0 Å². The van der Waals surface area contributed by atoms with Crippen LogP contribution in [-0.4, -0.2) is 65.4 Å². The highest BCUT2D eigenvalue weighted by atomic mass is 14.9. The molecule has 0 saturated carbocycles. The Morgan fingerprint density at radius 2 is 0.688 bits per heavy atom. The first-order valence-corrected chi connectivity index (χ1v) is 20.3. The number of nitrogens with one attached hydrogen (secondary N) is 6. The Bertz CT molecular complexity index is 898. The molecule has 0 radical (unpaired) electrons. The summed E-state index contributed by atoms with van der Waals surface area (Å²) in [5.74, 6) is 0. The minimum Gasteiger partial charge on any atom is -0.317 e. The molecular formula is C42H76N6. The highest BCUT2D eigenvalue weighted by molar-refractivity contribution is 5.65. The Hall–Kier alpha value is -1.80. The quantitative estimate of drug-likeness (QED) is 0.0418. The van der Waals surface area contributed by atoms with E-state index < -0.39 is 0 Å². The van der Waals surface area contributed by atoms with E-state index >= 15 is 0 Å². The molecule has 0 unspecified atom stereocenters. The van der Waals surface area contributed by atoms with Crippen LogP contribution in [0.2, 0.25) is 0 Å². The summed E-state index contributed by atoms with van der Waals surface area (Å²) >= 11 is 0. The Balaban J connectivity index is 1.53. The minimum absolute atomic E-state index is 0.910. The van der Waals surface area contributed by atoms with Crippen molar-refractivity contribution in [3.05, 3.63) is 59.7 Å². The van der Waals surface area contributed by atoms with Gasteiger partial charge in [0, 0.05) is 13.1 Å². The van der Waals surface area contributed by atoms with Gasteiger partial charge in [0.05, 0.1) is 0 Å². The Morgan fingerprint density at radius 3 is 1.10 bits per heavy atom. The largest absolute Gasteiger partial charge is 0.317 e. The predicted octanol–water partition coefficient (Wildman–Crippen LogP) is 8.17. The fraction of sp³-hybridized carbons (Fsp3) is 0.714. The number of unbranched alkanes of at least 4 members (excludes halogenated alkanes) is 10. The second-order valence-electron chi connectivity index (χ2n) is 13.7. The molecule has 2 aromatic rings. The van der Waals surface area contributed by atoms with Gasteiger partial charge in [0.1, 0.15) is 0 Å². The van der Waals surface area contributed by atoms with Crippen LogP contribution in [0, 0.1) is 0 Å². The fourth-order valence-corrected chi connectivity index (χ4v) is 6.14. The van der Waals surface area contributed by atoms with E-state index in [1.807, 2.05) is 0 Å². The maximum atomic E-state index is 3.69. The van der Waals surface area contributed by atoms with Gasteiger partial charge >= 0.3 is 0 Å². The molecular weight excluding hydrogens is 589 g/mol. The number of hydrogen-bond acceptors (Lipinski definition) is 6. The van der Waals surface area contributed by atoms with Crippen LogP contribution in [0.3, 0.4) is 0 Å². The van der Waals surface area contributed by atoms with E-state index in [9.17, 15) is 0 Å². The summed E-state index contributed by atoms with van der Waals surface area (Å²) in [7, 11) is 0. The van der Waals surface area contributed by atoms with Gasteiger partial charge in [0.15, 0.2) is 0 Å². The number of hydrogen-bond donors (Lipinski definition) is 6. The highest BCUT2D eigenvalue weighted by Crippen LogP contribution is 2.22. The monoisotopic (exact) mass is 665 g/mol. The SMILES string of the molecule is CCCCCCCCNCCCNCCCNCc1cc(CNCCCNCCCNCCCCCCCC)cc(-c2ccccc2)c1. The van der Waals surface area contributed by atoms with Gasteiger partial charge in [0.25, 0.3) is 0 Å². The molecule has 0 aliphatic heterocycles. The van der Waals surface area contributed by atoms with Crippen molar-refractivity contribution in [3.63, 3.8) is 0 Å². The van der Waals surface area contributed by atoms with Crippen molar-refractivity contribution in [3.8, 4) is 11.1 Å². The van der Waals surface area contributed by atoms with E-state index in [0.29, 0.717) is 0 Å². The average molecular weight is 665 g/mol. The van der Waals surface area contributed by atoms with Crippen molar-refractivity contribution >= 4 is 0 Å². The van der Waals surface area contributed by atoms with Crippen LogP contribution in [0.5, 0.6) is 0 Å². The molecule has 6 nitrogen and oxygen atoms in total. The molecule has 0 bridgehead atoms. The van der Waals surface area contributed by atoms with Crippen molar-refractivity contribution in [2.24, 2.45) is 0 Å². The van der Waals surface area contributed by atoms with Gasteiger partial charge in [-0.25, -0.2) is 0 Å². The number of rotatable bonds is 35. The zero-order valence-corrected chi connectivity index (χ0v) is 31.4. The summed E-state index contributed by atoms with van der Waals surface area (Å²) in [5.41, 5.74) is 5.33. The van der Waals surface area contributed by atoms with Gasteiger partial charge < -0.3 is 31.9 Å². The average Bonchev–Trinajstić information content (AvgIpc) is 3.11. The van der Waals surface area contributed by atoms with E-state index in [2.05, 4.69) is 94.3 Å². The molecule has 0 heterocycles. The summed E-state index contributed by atoms with van der Waals surface area (Å²) in [6.07, 6.45) is 21.2. The molecule has 2 aromatic carbocycles. The van der Waals surface area contributed by atoms with E-state index in [4.69, 9.17) is 0 Å². The van der Waals surface area contributed by atoms with Crippen molar-refractivity contribution in [1.82, 2.24) is 31.9 Å². The lowest BCUT2D eigenvalue weighted by atomic mass is 9.99. The zero-order valence-electron chi connectivity index (χ0n) is 31.4. The molecule has 0 aliphatic rings. The second-order valence-corrected chi connectivity index (χ2v) is 13.7. The first-order valence-electron chi connectivity index (χ1n) is 20.3. The maximum absolute atomic E-state index is 3.69. The van der Waals surface area contributed by atoms with Gasteiger partial charge in [-0.15, -0.1) is 0 Å². The van der Waals surface area contributed by atoms with Crippen LogP contribution in [0.15, 0.2) is 48.5 Å². The molecule has 0 spiro atoms. The summed E-state index contributed by atoms with van der Waals surface area (Å²) in [6.45, 7) is 17.4. The molecule has 48 heavy (non-hydrogen) atoms. The van der Waals surface area contributed by atoms with Crippen LogP contribution in [0.25, 0.3) is 11.1 Å². The molecule has 0 aliphatic carbocycles. The van der Waals surface area contributed by atoms with E-state index in [1.54, 1.807) is 0 Å². The van der Waals surface area contributed by atoms with Crippen molar-refractivity contribution in [2.45, 2.75) is 130 Å². The van der Waals surface area contributed by atoms with Crippen molar-refractivity contribution in [1.29, 1.82) is 0 Å². The van der Waals surface area contributed by atoms with E-state index in [1.165, 1.54) is 125 Å². The lowest BCUT2D eigenvalue weighted by Crippen LogP contribution is -2.25. The molecule has 6 heteroatoms. The third-order valence-electron chi connectivity index (χ3n) is 9.06. The smallest absolute Gasteiger partial charge is 0.0205 e. The van der Waals surface area contributed by atoms with Crippen LogP contribution < -0.4 is 31.9 Å². The summed E-state index contributed by atoms with van der Waals surface area (Å²) in [5, 5.41) is 21.8. The zero-order chi connectivity index (χ0) is 34.0.